The van der Waals surface area contributed by atoms with Gasteiger partial charge in [0.15, 0.2) is 0 Å². The topological polar surface area (TPSA) is 70.2 Å². The van der Waals surface area contributed by atoms with E-state index in [9.17, 15) is 4.79 Å². The third-order valence-corrected chi connectivity index (χ3v) is 5.04. The number of hydrogen-bond acceptors (Lipinski definition) is 5. The molecule has 3 aromatic rings. The molecule has 6 nitrogen and oxygen atoms in total. The Bertz CT molecular complexity index is 963. The number of carbonyl (C=O) groups is 1. The van der Waals surface area contributed by atoms with Crippen molar-refractivity contribution < 1.29 is 4.79 Å². The summed E-state index contributed by atoms with van der Waals surface area (Å²) in [6.45, 7) is 4.91. The first-order valence-corrected chi connectivity index (χ1v) is 9.95. The molecule has 0 atom stereocenters. The molecule has 2 N–H and O–H groups in total. The van der Waals surface area contributed by atoms with Gasteiger partial charge in [-0.05, 0) is 49.6 Å². The summed E-state index contributed by atoms with van der Waals surface area (Å²) < 4.78 is 0. The number of aromatic nitrogens is 2. The van der Waals surface area contributed by atoms with Crippen LogP contribution < -0.4 is 15.5 Å². The second-order valence-corrected chi connectivity index (χ2v) is 7.33. The SMILES string of the molecule is Cc1cccc(CNc2ncc(C(=O)Nc3ccc(N4CCCC4)cc3)cn2)c1. The lowest BCUT2D eigenvalue weighted by atomic mass is 10.1. The van der Waals surface area contributed by atoms with Crippen LogP contribution in [0, 0.1) is 6.92 Å². The molecule has 1 amide bonds. The van der Waals surface area contributed by atoms with Crippen LogP contribution in [0.2, 0.25) is 0 Å². The summed E-state index contributed by atoms with van der Waals surface area (Å²) in [5, 5.41) is 6.08. The molecule has 0 bridgehead atoms. The van der Waals surface area contributed by atoms with E-state index < -0.39 is 0 Å². The Balaban J connectivity index is 1.33. The molecule has 29 heavy (non-hydrogen) atoms. The van der Waals surface area contributed by atoms with Crippen molar-refractivity contribution in [3.05, 3.63) is 77.6 Å². The number of aryl methyl sites for hydroxylation is 1. The first kappa shape index (κ1) is 18.9. The Morgan fingerprint density at radius 3 is 2.45 bits per heavy atom. The zero-order valence-corrected chi connectivity index (χ0v) is 16.6. The summed E-state index contributed by atoms with van der Waals surface area (Å²) in [5.41, 5.74) is 4.76. The first-order chi connectivity index (χ1) is 14.2. The molecule has 0 aliphatic carbocycles. The molecule has 2 aromatic carbocycles. The largest absolute Gasteiger partial charge is 0.372 e. The molecule has 0 unspecified atom stereocenters. The van der Waals surface area contributed by atoms with E-state index in [1.165, 1.54) is 24.1 Å². The normalized spacial score (nSPS) is 13.3. The maximum absolute atomic E-state index is 12.5. The Morgan fingerprint density at radius 1 is 1.03 bits per heavy atom. The third kappa shape index (κ3) is 4.90. The highest BCUT2D eigenvalue weighted by molar-refractivity contribution is 6.03. The Hall–Kier alpha value is -3.41. The van der Waals surface area contributed by atoms with E-state index >= 15 is 0 Å². The summed E-state index contributed by atoms with van der Waals surface area (Å²) in [6.07, 6.45) is 5.57. The van der Waals surface area contributed by atoms with Crippen molar-refractivity contribution >= 4 is 23.2 Å². The van der Waals surface area contributed by atoms with Gasteiger partial charge in [-0.1, -0.05) is 29.8 Å². The van der Waals surface area contributed by atoms with Crippen LogP contribution in [0.5, 0.6) is 0 Å². The number of anilines is 3. The van der Waals surface area contributed by atoms with Crippen LogP contribution in [0.4, 0.5) is 17.3 Å². The Labute approximate surface area is 171 Å². The molecule has 1 saturated heterocycles. The van der Waals surface area contributed by atoms with Crippen LogP contribution in [0.15, 0.2) is 60.9 Å². The quantitative estimate of drug-likeness (QED) is 0.662. The zero-order valence-electron chi connectivity index (χ0n) is 16.6. The van der Waals surface area contributed by atoms with Crippen molar-refractivity contribution in [2.45, 2.75) is 26.3 Å². The summed E-state index contributed by atoms with van der Waals surface area (Å²) in [6, 6.07) is 16.2. The molecule has 0 radical (unpaired) electrons. The van der Waals surface area contributed by atoms with Gasteiger partial charge < -0.3 is 15.5 Å². The number of benzene rings is 2. The van der Waals surface area contributed by atoms with Gasteiger partial charge in [-0.15, -0.1) is 0 Å². The number of carbonyl (C=O) groups excluding carboxylic acids is 1. The maximum Gasteiger partial charge on any atom is 0.258 e. The van der Waals surface area contributed by atoms with Crippen LogP contribution in [0.3, 0.4) is 0 Å². The Kier molecular flexibility index (Phi) is 5.70. The van der Waals surface area contributed by atoms with Gasteiger partial charge in [0.2, 0.25) is 5.95 Å². The minimum absolute atomic E-state index is 0.218. The van der Waals surface area contributed by atoms with Crippen molar-refractivity contribution in [1.29, 1.82) is 0 Å². The van der Waals surface area contributed by atoms with E-state index in [1.807, 2.05) is 18.2 Å². The molecule has 2 heterocycles. The van der Waals surface area contributed by atoms with E-state index in [0.717, 1.165) is 24.3 Å². The molecular formula is C23H25N5O. The molecule has 0 spiro atoms. The summed E-state index contributed by atoms with van der Waals surface area (Å²) in [4.78, 5) is 23.3. The third-order valence-electron chi connectivity index (χ3n) is 5.04. The van der Waals surface area contributed by atoms with Crippen molar-refractivity contribution in [1.82, 2.24) is 9.97 Å². The highest BCUT2D eigenvalue weighted by atomic mass is 16.1. The number of nitrogens with one attached hydrogen (secondary N) is 2. The highest BCUT2D eigenvalue weighted by Crippen LogP contribution is 2.22. The minimum Gasteiger partial charge on any atom is -0.372 e. The second kappa shape index (κ2) is 8.73. The molecule has 1 aromatic heterocycles. The van der Waals surface area contributed by atoms with E-state index in [4.69, 9.17) is 0 Å². The highest BCUT2D eigenvalue weighted by Gasteiger charge is 2.12. The van der Waals surface area contributed by atoms with Gasteiger partial charge in [0.1, 0.15) is 0 Å². The van der Waals surface area contributed by atoms with E-state index in [0.29, 0.717) is 18.1 Å². The maximum atomic E-state index is 12.5. The van der Waals surface area contributed by atoms with Gasteiger partial charge in [0.25, 0.3) is 5.91 Å². The molecule has 4 rings (SSSR count). The minimum atomic E-state index is -0.218. The summed E-state index contributed by atoms with van der Waals surface area (Å²) >= 11 is 0. The standard InChI is InChI=1S/C23H25N5O/c1-17-5-4-6-18(13-17)14-24-23-25-15-19(16-26-23)22(29)27-20-7-9-21(10-8-20)28-11-2-3-12-28/h4-10,13,15-16H,2-3,11-12,14H2,1H3,(H,27,29)(H,24,25,26). The van der Waals surface area contributed by atoms with Crippen molar-refractivity contribution in [3.63, 3.8) is 0 Å². The monoisotopic (exact) mass is 387 g/mol. The molecule has 1 fully saturated rings. The van der Waals surface area contributed by atoms with Crippen LogP contribution in [-0.2, 0) is 6.54 Å². The lowest BCUT2D eigenvalue weighted by Gasteiger charge is -2.17. The zero-order chi connectivity index (χ0) is 20.1. The Morgan fingerprint density at radius 2 is 1.76 bits per heavy atom. The van der Waals surface area contributed by atoms with E-state index in [2.05, 4.69) is 62.8 Å². The van der Waals surface area contributed by atoms with Gasteiger partial charge in [0.05, 0.1) is 5.56 Å². The smallest absolute Gasteiger partial charge is 0.258 e. The summed E-state index contributed by atoms with van der Waals surface area (Å²) in [5.74, 6) is 0.280. The second-order valence-electron chi connectivity index (χ2n) is 7.33. The predicted molar refractivity (Wildman–Crippen MR) is 116 cm³/mol. The molecule has 148 valence electrons. The average Bonchev–Trinajstić information content (AvgIpc) is 3.28. The first-order valence-electron chi connectivity index (χ1n) is 9.95. The van der Waals surface area contributed by atoms with Crippen LogP contribution in [0.25, 0.3) is 0 Å². The lowest BCUT2D eigenvalue weighted by Crippen LogP contribution is -2.17. The van der Waals surface area contributed by atoms with Crippen LogP contribution in [-0.4, -0.2) is 29.0 Å². The van der Waals surface area contributed by atoms with Crippen LogP contribution in [0.1, 0.15) is 34.3 Å². The van der Waals surface area contributed by atoms with Crippen molar-refractivity contribution in [2.75, 3.05) is 28.6 Å². The molecule has 6 heteroatoms. The van der Waals surface area contributed by atoms with Gasteiger partial charge in [0, 0.05) is 43.4 Å². The van der Waals surface area contributed by atoms with Crippen LogP contribution >= 0.6 is 0 Å². The average molecular weight is 387 g/mol. The molecule has 0 saturated carbocycles. The fourth-order valence-corrected chi connectivity index (χ4v) is 3.47. The molecule has 1 aliphatic rings. The number of hydrogen-bond donors (Lipinski definition) is 2. The summed E-state index contributed by atoms with van der Waals surface area (Å²) in [7, 11) is 0. The molecular weight excluding hydrogens is 362 g/mol. The van der Waals surface area contributed by atoms with Gasteiger partial charge in [-0.2, -0.15) is 0 Å². The number of amides is 1. The van der Waals surface area contributed by atoms with Gasteiger partial charge in [-0.3, -0.25) is 4.79 Å². The van der Waals surface area contributed by atoms with Crippen molar-refractivity contribution in [3.8, 4) is 0 Å². The van der Waals surface area contributed by atoms with Gasteiger partial charge in [-0.25, -0.2) is 9.97 Å². The fourth-order valence-electron chi connectivity index (χ4n) is 3.47. The number of rotatable bonds is 6. The van der Waals surface area contributed by atoms with Crippen molar-refractivity contribution in [2.24, 2.45) is 0 Å². The predicted octanol–water partition coefficient (Wildman–Crippen LogP) is 4.25. The fraction of sp³-hybridized carbons (Fsp3) is 0.261. The molecule has 1 aliphatic heterocycles. The lowest BCUT2D eigenvalue weighted by molar-refractivity contribution is 0.102. The van der Waals surface area contributed by atoms with E-state index in [1.54, 1.807) is 12.4 Å². The van der Waals surface area contributed by atoms with Gasteiger partial charge >= 0.3 is 0 Å². The van der Waals surface area contributed by atoms with E-state index in [-0.39, 0.29) is 5.91 Å². The number of nitrogens with zero attached hydrogens (tertiary/aromatic N) is 3.